The minimum atomic E-state index is -0.609. The minimum absolute atomic E-state index is 0.0513. The van der Waals surface area contributed by atoms with Gasteiger partial charge < -0.3 is 20.1 Å². The van der Waals surface area contributed by atoms with Crippen LogP contribution in [0.5, 0.6) is 5.75 Å². The maximum atomic E-state index is 13.6. The van der Waals surface area contributed by atoms with E-state index in [-0.39, 0.29) is 23.3 Å². The molecule has 2 amide bonds. The van der Waals surface area contributed by atoms with Crippen molar-refractivity contribution in [3.05, 3.63) is 58.6 Å². The van der Waals surface area contributed by atoms with Crippen molar-refractivity contribution >= 4 is 29.1 Å². The zero-order valence-corrected chi connectivity index (χ0v) is 17.6. The van der Waals surface area contributed by atoms with Crippen LogP contribution in [0.3, 0.4) is 0 Å². The first-order chi connectivity index (χ1) is 14.5. The third-order valence-corrected chi connectivity index (χ3v) is 6.52. The highest BCUT2D eigenvalue weighted by Crippen LogP contribution is 2.50. The van der Waals surface area contributed by atoms with Crippen LogP contribution in [0.1, 0.15) is 47.5 Å². The van der Waals surface area contributed by atoms with Gasteiger partial charge in [0.2, 0.25) is 5.91 Å². The van der Waals surface area contributed by atoms with E-state index in [1.165, 1.54) is 12.1 Å². The van der Waals surface area contributed by atoms with E-state index < -0.39 is 11.5 Å². The van der Waals surface area contributed by atoms with E-state index in [1.807, 2.05) is 23.1 Å². The fourth-order valence-electron chi connectivity index (χ4n) is 4.99. The minimum Gasteiger partial charge on any atom is -0.506 e. The van der Waals surface area contributed by atoms with E-state index in [0.717, 1.165) is 31.2 Å². The first-order valence-corrected chi connectivity index (χ1v) is 10.5. The Bertz CT molecular complexity index is 971. The molecule has 1 heterocycles. The van der Waals surface area contributed by atoms with Crippen LogP contribution < -0.4 is 5.32 Å². The number of methoxy groups -OCH3 is 1. The predicted octanol–water partition coefficient (Wildman–Crippen LogP) is 4.18. The number of hydrogen-bond donors (Lipinski definition) is 2. The number of carbonyl (C=O) groups excluding carboxylic acids is 2. The first-order valence-electron chi connectivity index (χ1n) is 10.2. The lowest BCUT2D eigenvalue weighted by atomic mass is 9.71. The van der Waals surface area contributed by atoms with Crippen LogP contribution in [0.15, 0.2) is 42.5 Å². The number of aromatic hydroxyl groups is 1. The van der Waals surface area contributed by atoms with Gasteiger partial charge >= 0.3 is 0 Å². The van der Waals surface area contributed by atoms with Gasteiger partial charge in [-0.05, 0) is 42.7 Å². The highest BCUT2D eigenvalue weighted by Gasteiger charge is 2.55. The zero-order chi connectivity index (χ0) is 21.3. The molecule has 0 bridgehead atoms. The molecule has 0 unspecified atom stereocenters. The summed E-state index contributed by atoms with van der Waals surface area (Å²) in [4.78, 5) is 28.9. The molecule has 2 N–H and O–H groups in total. The van der Waals surface area contributed by atoms with Gasteiger partial charge in [0.15, 0.2) is 0 Å². The normalized spacial score (nSPS) is 19.7. The molecule has 2 aliphatic rings. The van der Waals surface area contributed by atoms with Gasteiger partial charge in [-0.25, -0.2) is 0 Å². The van der Waals surface area contributed by atoms with Crippen molar-refractivity contribution in [2.24, 2.45) is 0 Å². The maximum absolute atomic E-state index is 13.6. The van der Waals surface area contributed by atoms with Gasteiger partial charge in [-0.2, -0.15) is 0 Å². The molecule has 30 heavy (non-hydrogen) atoms. The standard InChI is InChI=1S/C23H25ClN2O4/c1-30-13-12-26-22(29)17-7-3-2-6-16(17)20(23(26)10-4-5-11-23)21(28)25-18-14-15(24)8-9-19(18)27/h2-3,6-9,14,20,27H,4-5,10-13H2,1H3,(H,25,28)/t20-/m1/s1. The van der Waals surface area contributed by atoms with Crippen molar-refractivity contribution in [1.82, 2.24) is 4.90 Å². The number of phenols is 1. The zero-order valence-electron chi connectivity index (χ0n) is 16.9. The topological polar surface area (TPSA) is 78.9 Å². The average molecular weight is 429 g/mol. The Morgan fingerprint density at radius 2 is 2.00 bits per heavy atom. The van der Waals surface area contributed by atoms with Crippen molar-refractivity contribution in [2.75, 3.05) is 25.6 Å². The summed E-state index contributed by atoms with van der Waals surface area (Å²) in [6, 6.07) is 11.9. The molecule has 0 radical (unpaired) electrons. The molecule has 0 aromatic heterocycles. The Balaban J connectivity index is 1.80. The van der Waals surface area contributed by atoms with Crippen LogP contribution in [0.4, 0.5) is 5.69 Å². The molecule has 1 saturated carbocycles. The summed E-state index contributed by atoms with van der Waals surface area (Å²) in [6.07, 6.45) is 3.39. The largest absolute Gasteiger partial charge is 0.506 e. The van der Waals surface area contributed by atoms with Crippen LogP contribution in [0.2, 0.25) is 5.02 Å². The number of amides is 2. The van der Waals surface area contributed by atoms with Gasteiger partial charge in [-0.15, -0.1) is 0 Å². The number of halogens is 1. The lowest BCUT2D eigenvalue weighted by Gasteiger charge is -2.50. The highest BCUT2D eigenvalue weighted by atomic mass is 35.5. The summed E-state index contributed by atoms with van der Waals surface area (Å²) in [5.74, 6) is -0.912. The molecule has 1 aliphatic heterocycles. The van der Waals surface area contributed by atoms with Crippen molar-refractivity contribution < 1.29 is 19.4 Å². The second-order valence-corrected chi connectivity index (χ2v) is 8.37. The average Bonchev–Trinajstić information content (AvgIpc) is 3.20. The van der Waals surface area contributed by atoms with Crippen molar-refractivity contribution in [3.8, 4) is 5.75 Å². The van der Waals surface area contributed by atoms with E-state index in [9.17, 15) is 14.7 Å². The Hall–Kier alpha value is -2.57. The molecule has 2 aromatic rings. The number of hydrogen-bond acceptors (Lipinski definition) is 4. The van der Waals surface area contributed by atoms with E-state index in [2.05, 4.69) is 5.32 Å². The molecule has 1 fully saturated rings. The Morgan fingerprint density at radius 1 is 1.27 bits per heavy atom. The summed E-state index contributed by atoms with van der Waals surface area (Å²) < 4.78 is 5.26. The molecule has 0 saturated heterocycles. The van der Waals surface area contributed by atoms with Crippen LogP contribution in [0.25, 0.3) is 0 Å². The van der Waals surface area contributed by atoms with Gasteiger partial charge in [-0.3, -0.25) is 9.59 Å². The molecule has 158 valence electrons. The van der Waals surface area contributed by atoms with Crippen LogP contribution >= 0.6 is 11.6 Å². The molecule has 1 aliphatic carbocycles. The second-order valence-electron chi connectivity index (χ2n) is 7.93. The summed E-state index contributed by atoms with van der Waals surface area (Å²) >= 11 is 6.06. The number of anilines is 1. The number of carbonyl (C=O) groups is 2. The van der Waals surface area contributed by atoms with Crippen molar-refractivity contribution in [1.29, 1.82) is 0 Å². The van der Waals surface area contributed by atoms with Gasteiger partial charge in [0, 0.05) is 24.2 Å². The van der Waals surface area contributed by atoms with Gasteiger partial charge in [0.05, 0.1) is 23.8 Å². The molecule has 1 atom stereocenters. The second kappa shape index (κ2) is 8.28. The van der Waals surface area contributed by atoms with E-state index in [1.54, 1.807) is 19.2 Å². The lowest BCUT2D eigenvalue weighted by Crippen LogP contribution is -2.60. The van der Waals surface area contributed by atoms with Gasteiger partial charge in [-0.1, -0.05) is 42.6 Å². The first kappa shape index (κ1) is 20.7. The molecular formula is C23H25ClN2O4. The maximum Gasteiger partial charge on any atom is 0.254 e. The third kappa shape index (κ3) is 3.44. The number of benzene rings is 2. The van der Waals surface area contributed by atoms with E-state index in [0.29, 0.717) is 23.7 Å². The number of phenolic OH excluding ortho intramolecular Hbond substituents is 1. The number of fused-ring (bicyclic) bond motifs is 1. The Kier molecular flexibility index (Phi) is 5.71. The molecule has 7 heteroatoms. The van der Waals surface area contributed by atoms with E-state index >= 15 is 0 Å². The highest BCUT2D eigenvalue weighted by molar-refractivity contribution is 6.31. The number of ether oxygens (including phenoxy) is 1. The van der Waals surface area contributed by atoms with Crippen LogP contribution in [-0.2, 0) is 9.53 Å². The Labute approximate surface area is 180 Å². The molecule has 6 nitrogen and oxygen atoms in total. The Morgan fingerprint density at radius 3 is 2.73 bits per heavy atom. The van der Waals surface area contributed by atoms with Gasteiger partial charge in [0.25, 0.3) is 5.91 Å². The smallest absolute Gasteiger partial charge is 0.254 e. The van der Waals surface area contributed by atoms with Crippen LogP contribution in [0, 0.1) is 0 Å². The molecule has 2 aromatic carbocycles. The van der Waals surface area contributed by atoms with Crippen molar-refractivity contribution in [3.63, 3.8) is 0 Å². The fraction of sp³-hybridized carbons (Fsp3) is 0.391. The van der Waals surface area contributed by atoms with E-state index in [4.69, 9.17) is 16.3 Å². The lowest BCUT2D eigenvalue weighted by molar-refractivity contribution is -0.121. The summed E-state index contributed by atoms with van der Waals surface area (Å²) in [6.45, 7) is 0.828. The molecule has 1 spiro atoms. The summed E-state index contributed by atoms with van der Waals surface area (Å²) in [5, 5.41) is 13.5. The number of rotatable bonds is 5. The SMILES string of the molecule is COCCN1C(=O)c2ccccc2[C@H](C(=O)Nc2cc(Cl)ccc2O)C12CCCC2. The molecule has 4 rings (SSSR count). The van der Waals surface area contributed by atoms with Gasteiger partial charge in [0.1, 0.15) is 5.75 Å². The summed E-state index contributed by atoms with van der Waals surface area (Å²) in [5.41, 5.74) is 0.930. The quantitative estimate of drug-likeness (QED) is 0.700. The monoisotopic (exact) mass is 428 g/mol. The van der Waals surface area contributed by atoms with Crippen molar-refractivity contribution in [2.45, 2.75) is 37.1 Å². The fourth-order valence-corrected chi connectivity index (χ4v) is 5.16. The summed E-state index contributed by atoms with van der Waals surface area (Å²) in [7, 11) is 1.61. The number of nitrogens with one attached hydrogen (secondary N) is 1. The number of nitrogens with zero attached hydrogens (tertiary/aromatic N) is 1. The molecular weight excluding hydrogens is 404 g/mol. The van der Waals surface area contributed by atoms with Crippen LogP contribution in [-0.4, -0.2) is 47.6 Å². The predicted molar refractivity (Wildman–Crippen MR) is 115 cm³/mol. The third-order valence-electron chi connectivity index (χ3n) is 6.29.